The maximum atomic E-state index is 12.5. The van der Waals surface area contributed by atoms with Crippen LogP contribution in [0, 0.1) is 28.6 Å². The Morgan fingerprint density at radius 3 is 2.62 bits per heavy atom. The zero-order valence-electron chi connectivity index (χ0n) is 15.7. The maximum Gasteiger partial charge on any atom is 0.313 e. The van der Waals surface area contributed by atoms with Crippen molar-refractivity contribution >= 4 is 5.97 Å². The minimum absolute atomic E-state index is 0.0253. The lowest BCUT2D eigenvalue weighted by Gasteiger charge is -2.59. The van der Waals surface area contributed by atoms with Crippen LogP contribution in [-0.4, -0.2) is 38.8 Å². The van der Waals surface area contributed by atoms with E-state index in [-0.39, 0.29) is 23.4 Å². The number of fused-ring (bicyclic) bond motifs is 3. The fraction of sp³-hybridized carbons (Fsp3) is 0.857. The third-order valence-corrected chi connectivity index (χ3v) is 9.13. The molecule has 3 saturated carbocycles. The molecule has 3 N–H and O–H groups in total. The molecule has 1 saturated heterocycles. The van der Waals surface area contributed by atoms with E-state index >= 15 is 0 Å². The third kappa shape index (κ3) is 1.71. The fourth-order valence-corrected chi connectivity index (χ4v) is 8.10. The molecule has 0 radical (unpaired) electrons. The summed E-state index contributed by atoms with van der Waals surface area (Å²) in [6.07, 6.45) is 8.28. The Morgan fingerprint density at radius 2 is 1.92 bits per heavy atom. The molecule has 1 aliphatic heterocycles. The summed E-state index contributed by atoms with van der Waals surface area (Å²) in [6, 6.07) is 0. The number of hydrogen-bond acceptors (Lipinski definition) is 4. The molecule has 1 heterocycles. The van der Waals surface area contributed by atoms with Crippen LogP contribution in [0.1, 0.15) is 65.2 Å². The summed E-state index contributed by atoms with van der Waals surface area (Å²) in [5, 5.41) is 31.3. The van der Waals surface area contributed by atoms with Crippen LogP contribution in [0.5, 0.6) is 0 Å². The molecule has 2 bridgehead atoms. The van der Waals surface area contributed by atoms with Crippen LogP contribution in [0.15, 0.2) is 11.6 Å². The first-order chi connectivity index (χ1) is 12.2. The van der Waals surface area contributed by atoms with Gasteiger partial charge in [0.1, 0.15) is 5.41 Å². The topological polar surface area (TPSA) is 87.0 Å². The first kappa shape index (κ1) is 17.2. The van der Waals surface area contributed by atoms with E-state index in [9.17, 15) is 20.1 Å². The van der Waals surface area contributed by atoms with Gasteiger partial charge in [0.25, 0.3) is 0 Å². The average molecular weight is 362 g/mol. The van der Waals surface area contributed by atoms with Gasteiger partial charge in [-0.1, -0.05) is 18.6 Å². The van der Waals surface area contributed by atoms with E-state index in [1.54, 1.807) is 6.92 Å². The van der Waals surface area contributed by atoms with Gasteiger partial charge in [-0.3, -0.25) is 4.79 Å². The standard InChI is InChI=1S/C21H30O5/c1-18-8-5-13(22)11-12(18)3-4-15-14(18)6-9-20(17(23)24)16-7-10-21(15,20)26-19(16,2)25/h3,13-16,22,25H,4-11H2,1-2H3,(H,23,24)/t13-,14-,15-,16+,18+,19+,20-,21-/m0/s1. The van der Waals surface area contributed by atoms with Gasteiger partial charge >= 0.3 is 5.97 Å². The fourth-order valence-electron chi connectivity index (χ4n) is 8.10. The van der Waals surface area contributed by atoms with Crippen molar-refractivity contribution in [2.75, 3.05) is 0 Å². The van der Waals surface area contributed by atoms with Crippen molar-refractivity contribution in [1.82, 2.24) is 0 Å². The van der Waals surface area contributed by atoms with Gasteiger partial charge in [-0.05, 0) is 75.5 Å². The number of hydrogen-bond donors (Lipinski definition) is 3. The second-order valence-corrected chi connectivity index (χ2v) is 9.94. The van der Waals surface area contributed by atoms with Crippen molar-refractivity contribution < 1.29 is 24.9 Å². The summed E-state index contributed by atoms with van der Waals surface area (Å²) < 4.78 is 6.32. The van der Waals surface area contributed by atoms with E-state index < -0.39 is 22.8 Å². The van der Waals surface area contributed by atoms with Crippen molar-refractivity contribution in [3.05, 3.63) is 11.6 Å². The van der Waals surface area contributed by atoms with E-state index in [2.05, 4.69) is 13.0 Å². The van der Waals surface area contributed by atoms with Crippen molar-refractivity contribution in [2.45, 2.75) is 82.7 Å². The number of carbonyl (C=O) groups is 1. The van der Waals surface area contributed by atoms with Crippen molar-refractivity contribution in [3.63, 3.8) is 0 Å². The lowest BCUT2D eigenvalue weighted by molar-refractivity contribution is -0.274. The van der Waals surface area contributed by atoms with Crippen LogP contribution in [0.3, 0.4) is 0 Å². The molecule has 0 amide bonds. The summed E-state index contributed by atoms with van der Waals surface area (Å²) in [5.74, 6) is -1.94. The first-order valence-electron chi connectivity index (χ1n) is 10.2. The summed E-state index contributed by atoms with van der Waals surface area (Å²) in [4.78, 5) is 12.5. The summed E-state index contributed by atoms with van der Waals surface area (Å²) >= 11 is 0. The molecule has 0 unspecified atom stereocenters. The Hall–Kier alpha value is -0.910. The zero-order valence-corrected chi connectivity index (χ0v) is 15.7. The predicted molar refractivity (Wildman–Crippen MR) is 94.1 cm³/mol. The maximum absolute atomic E-state index is 12.5. The number of allylic oxidation sites excluding steroid dienone is 1. The van der Waals surface area contributed by atoms with Gasteiger partial charge < -0.3 is 20.1 Å². The smallest absolute Gasteiger partial charge is 0.313 e. The van der Waals surface area contributed by atoms with Gasteiger partial charge in [0, 0.05) is 5.92 Å². The van der Waals surface area contributed by atoms with Crippen LogP contribution in [0.25, 0.3) is 0 Å². The Labute approximate surface area is 154 Å². The number of carboxylic acid groups (broad SMARTS) is 1. The molecule has 0 aromatic heterocycles. The summed E-state index contributed by atoms with van der Waals surface area (Å²) in [7, 11) is 0. The number of ether oxygens (including phenoxy) is 1. The SMILES string of the molecule is C[C@@]1(O)O[C@]23CC[C@H]1[C@]2(C(=O)O)CC[C@H]1[C@@H]3CC=C2C[C@@H](O)CC[C@]21C. The number of aliphatic hydroxyl groups excluding tert-OH is 1. The molecular weight excluding hydrogens is 332 g/mol. The molecule has 8 atom stereocenters. The van der Waals surface area contributed by atoms with Gasteiger partial charge in [-0.2, -0.15) is 0 Å². The van der Waals surface area contributed by atoms with Crippen LogP contribution >= 0.6 is 0 Å². The van der Waals surface area contributed by atoms with Crippen LogP contribution < -0.4 is 0 Å². The number of aliphatic carboxylic acids is 1. The highest BCUT2D eigenvalue weighted by Crippen LogP contribution is 2.74. The van der Waals surface area contributed by atoms with Crippen molar-refractivity contribution in [1.29, 1.82) is 0 Å². The number of carboxylic acids is 1. The van der Waals surface area contributed by atoms with E-state index in [1.165, 1.54) is 5.57 Å². The third-order valence-electron chi connectivity index (χ3n) is 9.13. The Bertz CT molecular complexity index is 699. The molecule has 0 aromatic rings. The molecule has 5 heteroatoms. The average Bonchev–Trinajstić information content (AvgIpc) is 3.01. The second-order valence-electron chi connectivity index (χ2n) is 9.94. The van der Waals surface area contributed by atoms with E-state index in [4.69, 9.17) is 4.74 Å². The molecule has 5 aliphatic rings. The molecule has 0 aromatic carbocycles. The Morgan fingerprint density at radius 1 is 1.15 bits per heavy atom. The van der Waals surface area contributed by atoms with Gasteiger partial charge in [0.15, 0.2) is 5.79 Å². The highest BCUT2D eigenvalue weighted by atomic mass is 16.7. The Balaban J connectivity index is 1.63. The molecule has 0 spiro atoms. The number of aliphatic hydroxyl groups is 2. The van der Waals surface area contributed by atoms with Crippen LogP contribution in [-0.2, 0) is 9.53 Å². The van der Waals surface area contributed by atoms with Gasteiger partial charge in [0.05, 0.1) is 11.7 Å². The molecular formula is C21H30O5. The summed E-state index contributed by atoms with van der Waals surface area (Å²) in [6.45, 7) is 3.98. The lowest BCUT2D eigenvalue weighted by Crippen LogP contribution is -2.62. The van der Waals surface area contributed by atoms with E-state index in [0.717, 1.165) is 44.9 Å². The quantitative estimate of drug-likeness (QED) is 0.625. The second kappa shape index (κ2) is 4.92. The minimum Gasteiger partial charge on any atom is -0.481 e. The first-order valence-corrected chi connectivity index (χ1v) is 10.2. The normalized spacial score (nSPS) is 57.8. The Kier molecular flexibility index (Phi) is 3.26. The molecule has 144 valence electrons. The van der Waals surface area contributed by atoms with Crippen molar-refractivity contribution in [2.24, 2.45) is 28.6 Å². The van der Waals surface area contributed by atoms with Gasteiger partial charge in [-0.25, -0.2) is 0 Å². The van der Waals surface area contributed by atoms with Crippen molar-refractivity contribution in [3.8, 4) is 0 Å². The molecule has 5 nitrogen and oxygen atoms in total. The monoisotopic (exact) mass is 362 g/mol. The van der Waals surface area contributed by atoms with Gasteiger partial charge in [-0.15, -0.1) is 0 Å². The molecule has 5 rings (SSSR count). The van der Waals surface area contributed by atoms with Gasteiger partial charge in [0.2, 0.25) is 0 Å². The number of rotatable bonds is 1. The van der Waals surface area contributed by atoms with E-state index in [1.807, 2.05) is 0 Å². The molecule has 4 fully saturated rings. The highest BCUT2D eigenvalue weighted by Gasteiger charge is 2.80. The van der Waals surface area contributed by atoms with Crippen LogP contribution in [0.4, 0.5) is 0 Å². The lowest BCUT2D eigenvalue weighted by atomic mass is 9.46. The minimum atomic E-state index is -1.35. The summed E-state index contributed by atoms with van der Waals surface area (Å²) in [5.41, 5.74) is -0.321. The molecule has 4 aliphatic carbocycles. The zero-order chi connectivity index (χ0) is 18.5. The molecule has 26 heavy (non-hydrogen) atoms. The van der Waals surface area contributed by atoms with Crippen LogP contribution in [0.2, 0.25) is 0 Å². The highest BCUT2D eigenvalue weighted by molar-refractivity contribution is 5.79. The predicted octanol–water partition coefficient (Wildman–Crippen LogP) is 2.85. The van der Waals surface area contributed by atoms with E-state index in [0.29, 0.717) is 12.3 Å². The largest absolute Gasteiger partial charge is 0.481 e.